The first-order valence-corrected chi connectivity index (χ1v) is 9.28. The maximum atomic E-state index is 12.4. The number of carbonyl (C=O) groups is 1. The van der Waals surface area contributed by atoms with Crippen LogP contribution in [0.15, 0.2) is 47.4 Å². The van der Waals surface area contributed by atoms with Crippen LogP contribution in [0, 0.1) is 0 Å². The number of hydrogen-bond donors (Lipinski definition) is 2. The molecule has 0 bridgehead atoms. The van der Waals surface area contributed by atoms with Crippen molar-refractivity contribution in [2.24, 2.45) is 0 Å². The van der Waals surface area contributed by atoms with Crippen LogP contribution in [0.2, 0.25) is 10.0 Å². The van der Waals surface area contributed by atoms with Gasteiger partial charge in [-0.25, -0.2) is 13.1 Å². The topological polar surface area (TPSA) is 75.3 Å². The summed E-state index contributed by atoms with van der Waals surface area (Å²) in [6.07, 6.45) is 0. The molecule has 0 aliphatic carbocycles. The fraction of sp³-hybridized carbons (Fsp3) is 0.188. The summed E-state index contributed by atoms with van der Waals surface area (Å²) in [7, 11) is -2.36. The Morgan fingerprint density at radius 2 is 1.71 bits per heavy atom. The van der Waals surface area contributed by atoms with E-state index in [9.17, 15) is 13.2 Å². The van der Waals surface area contributed by atoms with Crippen molar-refractivity contribution in [1.29, 1.82) is 0 Å². The van der Waals surface area contributed by atoms with Gasteiger partial charge < -0.3 is 5.32 Å². The Kier molecular flexibility index (Phi) is 5.87. The number of carbonyl (C=O) groups excluding carboxylic acids is 1. The molecule has 1 atom stereocenters. The summed E-state index contributed by atoms with van der Waals surface area (Å²) in [5.41, 5.74) is 0.955. The highest BCUT2D eigenvalue weighted by molar-refractivity contribution is 7.89. The highest BCUT2D eigenvalue weighted by Gasteiger charge is 2.19. The number of nitrogens with one attached hydrogen (secondary N) is 2. The Bertz CT molecular complexity index is 852. The van der Waals surface area contributed by atoms with Crippen molar-refractivity contribution in [2.75, 3.05) is 7.05 Å². The molecule has 24 heavy (non-hydrogen) atoms. The molecule has 2 rings (SSSR count). The number of sulfonamides is 1. The average Bonchev–Trinajstić information content (AvgIpc) is 2.55. The zero-order valence-corrected chi connectivity index (χ0v) is 15.3. The molecule has 0 aliphatic rings. The third kappa shape index (κ3) is 4.27. The number of hydrogen-bond acceptors (Lipinski definition) is 3. The first-order chi connectivity index (χ1) is 11.2. The molecule has 0 saturated carbocycles. The summed E-state index contributed by atoms with van der Waals surface area (Å²) in [6, 6.07) is 10.7. The summed E-state index contributed by atoms with van der Waals surface area (Å²) in [6.45, 7) is 1.81. The van der Waals surface area contributed by atoms with Crippen LogP contribution in [0.4, 0.5) is 0 Å². The van der Waals surface area contributed by atoms with Gasteiger partial charge in [0.05, 0.1) is 21.5 Å². The normalized spacial score (nSPS) is 12.7. The quantitative estimate of drug-likeness (QED) is 0.826. The van der Waals surface area contributed by atoms with Gasteiger partial charge >= 0.3 is 0 Å². The molecule has 1 amide bonds. The number of halogens is 2. The van der Waals surface area contributed by atoms with Gasteiger partial charge in [-0.3, -0.25) is 4.79 Å². The van der Waals surface area contributed by atoms with Gasteiger partial charge in [-0.2, -0.15) is 0 Å². The molecule has 0 saturated heterocycles. The van der Waals surface area contributed by atoms with E-state index in [-0.39, 0.29) is 21.5 Å². The molecule has 0 aliphatic heterocycles. The fourth-order valence-electron chi connectivity index (χ4n) is 2.07. The highest BCUT2D eigenvalue weighted by atomic mass is 35.5. The molecule has 0 spiro atoms. The lowest BCUT2D eigenvalue weighted by atomic mass is 10.1. The smallest absolute Gasteiger partial charge is 0.253 e. The summed E-state index contributed by atoms with van der Waals surface area (Å²) in [5.74, 6) is -0.462. The standard InChI is InChI=1S/C16H16Cl2N2O3S/c1-10(11-3-5-12(17)6-4-11)20-16(21)14-9-13(7-8-15(14)18)24(22,23)19-2/h3-10,19H,1-2H3,(H,20,21). The zero-order valence-electron chi connectivity index (χ0n) is 13.0. The Labute approximate surface area is 151 Å². The van der Waals surface area contributed by atoms with Gasteiger partial charge in [0.15, 0.2) is 0 Å². The first kappa shape index (κ1) is 18.7. The first-order valence-electron chi connectivity index (χ1n) is 7.04. The van der Waals surface area contributed by atoms with E-state index >= 15 is 0 Å². The molecule has 2 aromatic carbocycles. The minimum Gasteiger partial charge on any atom is -0.345 e. The minimum absolute atomic E-state index is 0.0290. The van der Waals surface area contributed by atoms with E-state index in [1.54, 1.807) is 24.3 Å². The maximum Gasteiger partial charge on any atom is 0.253 e. The van der Waals surface area contributed by atoms with Gasteiger partial charge in [-0.1, -0.05) is 35.3 Å². The average molecular weight is 387 g/mol. The van der Waals surface area contributed by atoms with E-state index in [2.05, 4.69) is 10.0 Å². The summed E-state index contributed by atoms with van der Waals surface area (Å²) in [5, 5.41) is 3.56. The number of benzene rings is 2. The third-order valence-corrected chi connectivity index (χ3v) is 5.47. The lowest BCUT2D eigenvalue weighted by Crippen LogP contribution is -2.27. The van der Waals surface area contributed by atoms with E-state index < -0.39 is 15.9 Å². The molecule has 8 heteroatoms. The van der Waals surface area contributed by atoms with E-state index in [1.165, 1.54) is 25.2 Å². The third-order valence-electron chi connectivity index (χ3n) is 3.48. The van der Waals surface area contributed by atoms with Crippen molar-refractivity contribution >= 4 is 39.1 Å². The molecule has 2 aromatic rings. The summed E-state index contributed by atoms with van der Waals surface area (Å²) < 4.78 is 25.9. The van der Waals surface area contributed by atoms with Crippen molar-refractivity contribution in [3.63, 3.8) is 0 Å². The Morgan fingerprint density at radius 1 is 1.08 bits per heavy atom. The molecule has 0 heterocycles. The van der Waals surface area contributed by atoms with E-state index in [0.717, 1.165) is 5.56 Å². The number of rotatable bonds is 5. The molecule has 0 fully saturated rings. The molecular weight excluding hydrogens is 371 g/mol. The van der Waals surface area contributed by atoms with Gasteiger partial charge in [0.25, 0.3) is 5.91 Å². The van der Waals surface area contributed by atoms with Crippen molar-refractivity contribution in [3.8, 4) is 0 Å². The minimum atomic E-state index is -3.66. The number of amides is 1. The van der Waals surface area contributed by atoms with Crippen molar-refractivity contribution in [3.05, 3.63) is 63.6 Å². The van der Waals surface area contributed by atoms with E-state index in [0.29, 0.717) is 5.02 Å². The van der Waals surface area contributed by atoms with Gasteiger partial charge in [0.1, 0.15) is 0 Å². The van der Waals surface area contributed by atoms with E-state index in [4.69, 9.17) is 23.2 Å². The van der Waals surface area contributed by atoms with Crippen molar-refractivity contribution in [2.45, 2.75) is 17.9 Å². The molecule has 0 radical (unpaired) electrons. The monoisotopic (exact) mass is 386 g/mol. The maximum absolute atomic E-state index is 12.4. The van der Waals surface area contributed by atoms with Crippen LogP contribution in [0.1, 0.15) is 28.9 Å². The molecular formula is C16H16Cl2N2O3S. The van der Waals surface area contributed by atoms with E-state index in [1.807, 2.05) is 6.92 Å². The second-order valence-corrected chi connectivity index (χ2v) is 7.83. The predicted molar refractivity (Wildman–Crippen MR) is 95.0 cm³/mol. The molecule has 0 aromatic heterocycles. The molecule has 1 unspecified atom stereocenters. The molecule has 5 nitrogen and oxygen atoms in total. The highest BCUT2D eigenvalue weighted by Crippen LogP contribution is 2.22. The van der Waals surface area contributed by atoms with Crippen LogP contribution in [0.5, 0.6) is 0 Å². The Balaban J connectivity index is 2.26. The molecule has 2 N–H and O–H groups in total. The predicted octanol–water partition coefficient (Wildman–Crippen LogP) is 3.39. The second kappa shape index (κ2) is 7.53. The second-order valence-electron chi connectivity index (χ2n) is 5.10. The summed E-state index contributed by atoms with van der Waals surface area (Å²) >= 11 is 11.9. The van der Waals surface area contributed by atoms with Crippen LogP contribution in [0.25, 0.3) is 0 Å². The Hall–Kier alpha value is -1.60. The SMILES string of the molecule is CNS(=O)(=O)c1ccc(Cl)c(C(=O)NC(C)c2ccc(Cl)cc2)c1. The van der Waals surface area contributed by atoms with Crippen LogP contribution in [0.3, 0.4) is 0 Å². The van der Waals surface area contributed by atoms with Crippen LogP contribution in [-0.2, 0) is 10.0 Å². The van der Waals surface area contributed by atoms with Gasteiger partial charge in [-0.05, 0) is 49.9 Å². The largest absolute Gasteiger partial charge is 0.345 e. The fourth-order valence-corrected chi connectivity index (χ4v) is 3.16. The van der Waals surface area contributed by atoms with Crippen LogP contribution >= 0.6 is 23.2 Å². The van der Waals surface area contributed by atoms with Gasteiger partial charge in [0, 0.05) is 5.02 Å². The van der Waals surface area contributed by atoms with Gasteiger partial charge in [0.2, 0.25) is 10.0 Å². The lowest BCUT2D eigenvalue weighted by molar-refractivity contribution is 0.0940. The summed E-state index contributed by atoms with van der Waals surface area (Å²) in [4.78, 5) is 12.4. The van der Waals surface area contributed by atoms with Crippen LogP contribution in [-0.4, -0.2) is 21.4 Å². The van der Waals surface area contributed by atoms with Crippen molar-refractivity contribution in [1.82, 2.24) is 10.0 Å². The van der Waals surface area contributed by atoms with Crippen LogP contribution < -0.4 is 10.0 Å². The Morgan fingerprint density at radius 3 is 2.29 bits per heavy atom. The van der Waals surface area contributed by atoms with Gasteiger partial charge in [-0.15, -0.1) is 0 Å². The lowest BCUT2D eigenvalue weighted by Gasteiger charge is -2.15. The molecule has 128 valence electrons. The zero-order chi connectivity index (χ0) is 17.9. The van der Waals surface area contributed by atoms with Crippen molar-refractivity contribution < 1.29 is 13.2 Å².